The van der Waals surface area contributed by atoms with Crippen LogP contribution in [0.1, 0.15) is 27.7 Å². The van der Waals surface area contributed by atoms with Gasteiger partial charge in [0.25, 0.3) is 0 Å². The molecule has 1 radical (unpaired) electrons. The standard InChI is InChI=1S/C10H20BO4/c1-9(2,12-5)7-8(15-11-14-7)10(3,4)13-6/h7-8H,1-6H3/t7-,8-/m1/s1. The van der Waals surface area contributed by atoms with Crippen LogP contribution in [0.25, 0.3) is 0 Å². The van der Waals surface area contributed by atoms with Crippen LogP contribution in [-0.4, -0.2) is 45.3 Å². The first kappa shape index (κ1) is 13.0. The minimum absolute atomic E-state index is 0.169. The summed E-state index contributed by atoms with van der Waals surface area (Å²) < 4.78 is 21.7. The maximum absolute atomic E-state index is 5.46. The lowest BCUT2D eigenvalue weighted by Crippen LogP contribution is -2.53. The molecule has 87 valence electrons. The summed E-state index contributed by atoms with van der Waals surface area (Å²) in [5, 5.41) is 0. The van der Waals surface area contributed by atoms with Gasteiger partial charge in [-0.15, -0.1) is 0 Å². The number of hydrogen-bond acceptors (Lipinski definition) is 4. The van der Waals surface area contributed by atoms with Gasteiger partial charge in [-0.2, -0.15) is 0 Å². The van der Waals surface area contributed by atoms with Crippen LogP contribution in [0.15, 0.2) is 0 Å². The fourth-order valence-corrected chi connectivity index (χ4v) is 1.58. The van der Waals surface area contributed by atoms with Crippen molar-refractivity contribution in [1.29, 1.82) is 0 Å². The number of hydrogen-bond donors (Lipinski definition) is 0. The lowest BCUT2D eigenvalue weighted by Gasteiger charge is -2.39. The van der Waals surface area contributed by atoms with Crippen LogP contribution in [-0.2, 0) is 18.8 Å². The van der Waals surface area contributed by atoms with Gasteiger partial charge in [-0.3, -0.25) is 0 Å². The van der Waals surface area contributed by atoms with Gasteiger partial charge in [0.2, 0.25) is 0 Å². The molecule has 0 unspecified atom stereocenters. The quantitative estimate of drug-likeness (QED) is 0.659. The number of ether oxygens (including phenoxy) is 2. The third kappa shape index (κ3) is 2.53. The lowest BCUT2D eigenvalue weighted by molar-refractivity contribution is -0.132. The van der Waals surface area contributed by atoms with E-state index in [1.807, 2.05) is 27.7 Å². The third-order valence-corrected chi connectivity index (χ3v) is 3.10. The van der Waals surface area contributed by atoms with Crippen molar-refractivity contribution in [3.8, 4) is 0 Å². The van der Waals surface area contributed by atoms with E-state index in [0.717, 1.165) is 0 Å². The molecule has 1 aliphatic rings. The SMILES string of the molecule is COC(C)(C)[C@@H]1O[B]O[C@H]1C(C)(C)OC. The van der Waals surface area contributed by atoms with Gasteiger partial charge < -0.3 is 18.8 Å². The van der Waals surface area contributed by atoms with Crippen LogP contribution >= 0.6 is 0 Å². The molecule has 0 saturated carbocycles. The minimum atomic E-state index is -0.409. The van der Waals surface area contributed by atoms with E-state index < -0.39 is 11.2 Å². The van der Waals surface area contributed by atoms with Gasteiger partial charge in [0, 0.05) is 14.2 Å². The molecule has 0 bridgehead atoms. The molecule has 0 N–H and O–H groups in total. The zero-order valence-corrected chi connectivity index (χ0v) is 10.4. The fraction of sp³-hybridized carbons (Fsp3) is 1.00. The zero-order valence-electron chi connectivity index (χ0n) is 10.4. The average Bonchev–Trinajstić information content (AvgIpc) is 2.67. The van der Waals surface area contributed by atoms with E-state index in [2.05, 4.69) is 0 Å². The number of rotatable bonds is 4. The third-order valence-electron chi connectivity index (χ3n) is 3.10. The highest BCUT2D eigenvalue weighted by Gasteiger charge is 2.49. The Morgan fingerprint density at radius 1 is 0.867 bits per heavy atom. The zero-order chi connectivity index (χ0) is 11.7. The second kappa shape index (κ2) is 4.41. The topological polar surface area (TPSA) is 36.9 Å². The summed E-state index contributed by atoms with van der Waals surface area (Å²) in [6, 6.07) is 0. The lowest BCUT2D eigenvalue weighted by atomic mass is 9.87. The predicted octanol–water partition coefficient (Wildman–Crippen LogP) is 1.15. The summed E-state index contributed by atoms with van der Waals surface area (Å²) in [4.78, 5) is 0. The first-order chi connectivity index (χ1) is 6.85. The summed E-state index contributed by atoms with van der Waals surface area (Å²) in [6.45, 7) is 7.88. The van der Waals surface area contributed by atoms with E-state index in [1.54, 1.807) is 14.2 Å². The van der Waals surface area contributed by atoms with Crippen molar-refractivity contribution in [2.75, 3.05) is 14.2 Å². The van der Waals surface area contributed by atoms with E-state index in [4.69, 9.17) is 18.8 Å². The molecular formula is C10H20BO4. The van der Waals surface area contributed by atoms with E-state index >= 15 is 0 Å². The van der Waals surface area contributed by atoms with E-state index in [-0.39, 0.29) is 12.2 Å². The molecule has 1 rings (SSSR count). The Bertz CT molecular complexity index is 195. The molecule has 0 aliphatic carbocycles. The largest absolute Gasteiger partial charge is 0.488 e. The molecular weight excluding hydrogens is 195 g/mol. The molecule has 0 aromatic rings. The number of methoxy groups -OCH3 is 2. The molecule has 1 heterocycles. The molecule has 0 spiro atoms. The normalized spacial score (nSPS) is 27.9. The highest BCUT2D eigenvalue weighted by Crippen LogP contribution is 2.32. The minimum Gasteiger partial charge on any atom is -0.405 e. The van der Waals surface area contributed by atoms with Crippen molar-refractivity contribution in [2.45, 2.75) is 51.1 Å². The van der Waals surface area contributed by atoms with Crippen molar-refractivity contribution < 1.29 is 18.8 Å². The summed E-state index contributed by atoms with van der Waals surface area (Å²) in [5.41, 5.74) is -0.819. The summed E-state index contributed by atoms with van der Waals surface area (Å²) in [6.07, 6.45) is -0.338. The Balaban J connectivity index is 2.82. The van der Waals surface area contributed by atoms with Gasteiger partial charge in [0.15, 0.2) is 0 Å². The highest BCUT2D eigenvalue weighted by atomic mass is 16.7. The van der Waals surface area contributed by atoms with E-state index in [1.165, 1.54) is 7.69 Å². The maximum atomic E-state index is 5.46. The molecule has 1 aliphatic heterocycles. The van der Waals surface area contributed by atoms with Crippen LogP contribution in [0.4, 0.5) is 0 Å². The van der Waals surface area contributed by atoms with Gasteiger partial charge in [-0.25, -0.2) is 0 Å². The highest BCUT2D eigenvalue weighted by molar-refractivity contribution is 6.19. The molecule has 1 fully saturated rings. The molecule has 0 amide bonds. The van der Waals surface area contributed by atoms with E-state index in [9.17, 15) is 0 Å². The molecule has 1 saturated heterocycles. The summed E-state index contributed by atoms with van der Waals surface area (Å²) >= 11 is 0. The summed E-state index contributed by atoms with van der Waals surface area (Å²) in [5.74, 6) is 0. The molecule has 15 heavy (non-hydrogen) atoms. The average molecular weight is 215 g/mol. The molecule has 0 aromatic carbocycles. The molecule has 2 atom stereocenters. The van der Waals surface area contributed by atoms with E-state index in [0.29, 0.717) is 0 Å². The van der Waals surface area contributed by atoms with Crippen LogP contribution in [0.2, 0.25) is 0 Å². The molecule has 0 aromatic heterocycles. The Morgan fingerprint density at radius 3 is 1.47 bits per heavy atom. The van der Waals surface area contributed by atoms with Gasteiger partial charge in [0.05, 0.1) is 23.4 Å². The van der Waals surface area contributed by atoms with Crippen molar-refractivity contribution >= 4 is 7.69 Å². The van der Waals surface area contributed by atoms with Crippen molar-refractivity contribution in [1.82, 2.24) is 0 Å². The van der Waals surface area contributed by atoms with Gasteiger partial charge in [-0.05, 0) is 27.7 Å². The first-order valence-electron chi connectivity index (χ1n) is 5.08. The van der Waals surface area contributed by atoms with Crippen LogP contribution in [0.5, 0.6) is 0 Å². The second-order valence-electron chi connectivity index (χ2n) is 4.82. The molecule has 4 nitrogen and oxygen atoms in total. The van der Waals surface area contributed by atoms with Crippen molar-refractivity contribution in [3.05, 3.63) is 0 Å². The van der Waals surface area contributed by atoms with Gasteiger partial charge in [0.1, 0.15) is 0 Å². The van der Waals surface area contributed by atoms with Crippen molar-refractivity contribution in [3.63, 3.8) is 0 Å². The first-order valence-corrected chi connectivity index (χ1v) is 5.08. The second-order valence-corrected chi connectivity index (χ2v) is 4.82. The van der Waals surface area contributed by atoms with Gasteiger partial charge in [-0.1, -0.05) is 0 Å². The molecule has 5 heteroatoms. The maximum Gasteiger partial charge on any atom is 0.488 e. The Hall–Kier alpha value is -0.0951. The van der Waals surface area contributed by atoms with Crippen LogP contribution in [0, 0.1) is 0 Å². The van der Waals surface area contributed by atoms with Crippen molar-refractivity contribution in [2.24, 2.45) is 0 Å². The fourth-order valence-electron chi connectivity index (χ4n) is 1.58. The Morgan fingerprint density at radius 2 is 1.20 bits per heavy atom. The van der Waals surface area contributed by atoms with Crippen LogP contribution in [0.3, 0.4) is 0 Å². The monoisotopic (exact) mass is 215 g/mol. The smallest absolute Gasteiger partial charge is 0.405 e. The summed E-state index contributed by atoms with van der Waals surface area (Å²) in [7, 11) is 4.70. The Kier molecular flexibility index (Phi) is 3.82. The van der Waals surface area contributed by atoms with Gasteiger partial charge >= 0.3 is 7.69 Å². The van der Waals surface area contributed by atoms with Crippen LogP contribution < -0.4 is 0 Å². The predicted molar refractivity (Wildman–Crippen MR) is 57.7 cm³/mol. The Labute approximate surface area is 92.5 Å².